The maximum atomic E-state index is 5.17. The number of hydrogen-bond acceptors (Lipinski definition) is 2. The van der Waals surface area contributed by atoms with E-state index in [0.717, 1.165) is 12.4 Å². The van der Waals surface area contributed by atoms with Crippen LogP contribution in [0, 0.1) is 0 Å². The zero-order valence-electron chi connectivity index (χ0n) is 7.69. The van der Waals surface area contributed by atoms with Gasteiger partial charge in [0, 0.05) is 16.7 Å². The molecule has 2 heterocycles. The topological polar surface area (TPSA) is 28.3 Å². The van der Waals surface area contributed by atoms with Crippen molar-refractivity contribution >= 4 is 22.7 Å². The number of rotatable bonds is 3. The number of fused-ring (bicyclic) bond motifs is 1. The van der Waals surface area contributed by atoms with Crippen LogP contribution in [0.3, 0.4) is 0 Å². The lowest BCUT2D eigenvalue weighted by Crippen LogP contribution is -1.87. The van der Waals surface area contributed by atoms with E-state index >= 15 is 0 Å². The van der Waals surface area contributed by atoms with Gasteiger partial charge in [0.15, 0.2) is 0 Å². The third-order valence-corrected chi connectivity index (χ3v) is 3.40. The van der Waals surface area contributed by atoms with Gasteiger partial charge in [0.1, 0.15) is 0 Å². The largest absolute Gasteiger partial charge is 0.372 e. The molecule has 1 fully saturated rings. The van der Waals surface area contributed by atoms with Crippen molar-refractivity contribution in [2.24, 2.45) is 0 Å². The summed E-state index contributed by atoms with van der Waals surface area (Å²) in [5.41, 5.74) is 1.21. The molecule has 0 bridgehead atoms. The van der Waals surface area contributed by atoms with Crippen LogP contribution in [0.1, 0.15) is 0 Å². The zero-order valence-corrected chi connectivity index (χ0v) is 8.51. The van der Waals surface area contributed by atoms with E-state index in [1.807, 2.05) is 11.8 Å². The maximum Gasteiger partial charge on any atom is 0.0904 e. The van der Waals surface area contributed by atoms with Gasteiger partial charge in [-0.3, -0.25) is 0 Å². The van der Waals surface area contributed by atoms with Gasteiger partial charge >= 0.3 is 0 Å². The van der Waals surface area contributed by atoms with Crippen molar-refractivity contribution in [1.82, 2.24) is 4.98 Å². The van der Waals surface area contributed by atoms with Gasteiger partial charge in [-0.1, -0.05) is 18.2 Å². The van der Waals surface area contributed by atoms with Crippen molar-refractivity contribution in [3.8, 4) is 0 Å². The number of H-pyrrole nitrogens is 1. The Bertz CT molecular complexity index is 414. The van der Waals surface area contributed by atoms with Crippen LogP contribution in [0.2, 0.25) is 0 Å². The summed E-state index contributed by atoms with van der Waals surface area (Å²) in [5.74, 6) is 1.06. The molecule has 0 saturated carbocycles. The second kappa shape index (κ2) is 3.33. The van der Waals surface area contributed by atoms with Crippen LogP contribution >= 0.6 is 11.8 Å². The summed E-state index contributed by atoms with van der Waals surface area (Å²) < 4.78 is 5.17. The summed E-state index contributed by atoms with van der Waals surface area (Å²) in [4.78, 5) is 3.39. The van der Waals surface area contributed by atoms with Gasteiger partial charge in [-0.2, -0.15) is 0 Å². The van der Waals surface area contributed by atoms with E-state index in [4.69, 9.17) is 4.74 Å². The number of nitrogens with one attached hydrogen (secondary N) is 1. The lowest BCUT2D eigenvalue weighted by molar-refractivity contribution is 0.426. The van der Waals surface area contributed by atoms with Crippen molar-refractivity contribution in [2.45, 2.75) is 11.1 Å². The highest BCUT2D eigenvalue weighted by molar-refractivity contribution is 7.99. The Kier molecular flexibility index (Phi) is 2.00. The van der Waals surface area contributed by atoms with Crippen molar-refractivity contribution < 1.29 is 4.74 Å². The van der Waals surface area contributed by atoms with Crippen LogP contribution in [0.4, 0.5) is 0 Å². The standard InChI is InChI=1S/C11H11NOS/c1-2-4-10-8(3-1)5-11(12-10)14-7-9-6-13-9/h1-5,9,12H,6-7H2. The number of benzene rings is 1. The molecule has 72 valence electrons. The van der Waals surface area contributed by atoms with Gasteiger partial charge < -0.3 is 9.72 Å². The minimum Gasteiger partial charge on any atom is -0.372 e. The lowest BCUT2D eigenvalue weighted by Gasteiger charge is -1.92. The smallest absolute Gasteiger partial charge is 0.0904 e. The summed E-state index contributed by atoms with van der Waals surface area (Å²) in [6.45, 7) is 0.938. The van der Waals surface area contributed by atoms with Crippen LogP contribution < -0.4 is 0 Å². The first-order chi connectivity index (χ1) is 6.92. The molecule has 1 N–H and O–H groups in total. The summed E-state index contributed by atoms with van der Waals surface area (Å²) in [7, 11) is 0. The molecule has 0 aliphatic carbocycles. The molecule has 2 nitrogen and oxygen atoms in total. The third kappa shape index (κ3) is 1.65. The molecule has 14 heavy (non-hydrogen) atoms. The molecule has 3 heteroatoms. The molecule has 1 unspecified atom stereocenters. The van der Waals surface area contributed by atoms with E-state index in [2.05, 4.69) is 35.3 Å². The van der Waals surface area contributed by atoms with E-state index in [0.29, 0.717) is 6.10 Å². The number of aromatic nitrogens is 1. The average Bonchev–Trinajstić information content (AvgIpc) is 2.94. The SMILES string of the molecule is c1ccc2[nH]c(SCC3CO3)cc2c1. The zero-order chi connectivity index (χ0) is 9.38. The van der Waals surface area contributed by atoms with Gasteiger partial charge in [0.05, 0.1) is 17.7 Å². The van der Waals surface area contributed by atoms with E-state index in [1.165, 1.54) is 15.9 Å². The summed E-state index contributed by atoms with van der Waals surface area (Å²) >= 11 is 1.84. The van der Waals surface area contributed by atoms with Crippen molar-refractivity contribution in [1.29, 1.82) is 0 Å². The molecule has 3 rings (SSSR count). The monoisotopic (exact) mass is 205 g/mol. The number of epoxide rings is 1. The second-order valence-electron chi connectivity index (χ2n) is 3.49. The predicted molar refractivity (Wildman–Crippen MR) is 58.8 cm³/mol. The first kappa shape index (κ1) is 8.38. The van der Waals surface area contributed by atoms with E-state index in [1.54, 1.807) is 0 Å². The van der Waals surface area contributed by atoms with Crippen molar-refractivity contribution in [2.75, 3.05) is 12.4 Å². The highest BCUT2D eigenvalue weighted by Gasteiger charge is 2.22. The second-order valence-corrected chi connectivity index (χ2v) is 4.55. The van der Waals surface area contributed by atoms with Crippen LogP contribution in [0.5, 0.6) is 0 Å². The highest BCUT2D eigenvalue weighted by Crippen LogP contribution is 2.26. The van der Waals surface area contributed by atoms with Gasteiger partial charge in [-0.25, -0.2) is 0 Å². The molecule has 1 aromatic carbocycles. The fraction of sp³-hybridized carbons (Fsp3) is 0.273. The van der Waals surface area contributed by atoms with Crippen LogP contribution in [-0.4, -0.2) is 23.4 Å². The number of ether oxygens (including phenoxy) is 1. The first-order valence-corrected chi connectivity index (χ1v) is 5.72. The van der Waals surface area contributed by atoms with Gasteiger partial charge in [-0.05, 0) is 12.1 Å². The molecule has 0 amide bonds. The Hall–Kier alpha value is -0.930. The third-order valence-electron chi connectivity index (χ3n) is 2.33. The number of hydrogen-bond donors (Lipinski definition) is 1. The van der Waals surface area contributed by atoms with Gasteiger partial charge in [0.25, 0.3) is 0 Å². The Morgan fingerprint density at radius 1 is 1.43 bits per heavy atom. The summed E-state index contributed by atoms with van der Waals surface area (Å²) in [6, 6.07) is 10.5. The van der Waals surface area contributed by atoms with E-state index < -0.39 is 0 Å². The van der Waals surface area contributed by atoms with Crippen LogP contribution in [0.15, 0.2) is 35.4 Å². The predicted octanol–water partition coefficient (Wildman–Crippen LogP) is 2.66. The lowest BCUT2D eigenvalue weighted by atomic mass is 10.3. The Balaban J connectivity index is 1.82. The molecular weight excluding hydrogens is 194 g/mol. The minimum atomic E-state index is 0.492. The van der Waals surface area contributed by atoms with Gasteiger partial charge in [0.2, 0.25) is 0 Å². The normalized spacial score (nSPS) is 20.1. The number of thioether (sulfide) groups is 1. The van der Waals surface area contributed by atoms with Crippen molar-refractivity contribution in [3.05, 3.63) is 30.3 Å². The van der Waals surface area contributed by atoms with Crippen LogP contribution in [0.25, 0.3) is 10.9 Å². The van der Waals surface area contributed by atoms with Crippen molar-refractivity contribution in [3.63, 3.8) is 0 Å². The molecule has 1 aliphatic rings. The Morgan fingerprint density at radius 3 is 3.07 bits per heavy atom. The average molecular weight is 205 g/mol. The summed E-state index contributed by atoms with van der Waals surface area (Å²) in [5, 5.41) is 2.52. The Morgan fingerprint density at radius 2 is 2.29 bits per heavy atom. The van der Waals surface area contributed by atoms with E-state index in [-0.39, 0.29) is 0 Å². The molecule has 1 aromatic heterocycles. The molecule has 0 radical (unpaired) electrons. The maximum absolute atomic E-state index is 5.17. The quantitative estimate of drug-likeness (QED) is 0.616. The molecule has 1 atom stereocenters. The minimum absolute atomic E-state index is 0.492. The molecular formula is C11H11NOS. The fourth-order valence-electron chi connectivity index (χ4n) is 1.47. The highest BCUT2D eigenvalue weighted by atomic mass is 32.2. The Labute approximate surface area is 86.6 Å². The molecule has 1 saturated heterocycles. The fourth-order valence-corrected chi connectivity index (χ4v) is 2.42. The molecule has 0 spiro atoms. The molecule has 2 aromatic rings. The number of para-hydroxylation sites is 1. The first-order valence-electron chi connectivity index (χ1n) is 4.74. The van der Waals surface area contributed by atoms with Gasteiger partial charge in [-0.15, -0.1) is 11.8 Å². The number of aromatic amines is 1. The van der Waals surface area contributed by atoms with Crippen LogP contribution in [-0.2, 0) is 4.74 Å². The molecule has 1 aliphatic heterocycles. The van der Waals surface area contributed by atoms with E-state index in [9.17, 15) is 0 Å². The summed E-state index contributed by atoms with van der Waals surface area (Å²) in [6.07, 6.45) is 0.492.